The Morgan fingerprint density at radius 3 is 2.70 bits per heavy atom. The van der Waals surface area contributed by atoms with Crippen molar-refractivity contribution >= 4 is 39.1 Å². The molecule has 11 heteroatoms. The van der Waals surface area contributed by atoms with E-state index < -0.39 is 11.5 Å². The van der Waals surface area contributed by atoms with Crippen LogP contribution < -0.4 is 22.2 Å². The minimum absolute atomic E-state index is 0.0166. The van der Waals surface area contributed by atoms with Gasteiger partial charge in [-0.05, 0) is 18.2 Å². The van der Waals surface area contributed by atoms with Crippen molar-refractivity contribution in [3.8, 4) is 11.3 Å². The van der Waals surface area contributed by atoms with E-state index in [-0.39, 0.29) is 30.1 Å². The van der Waals surface area contributed by atoms with Crippen LogP contribution in [0.5, 0.6) is 0 Å². The molecule has 0 atom stereocenters. The van der Waals surface area contributed by atoms with E-state index in [2.05, 4.69) is 20.4 Å². The maximum atomic E-state index is 12.5. The fraction of sp³-hybridized carbons (Fsp3) is 0.105. The van der Waals surface area contributed by atoms with Crippen LogP contribution in [0.2, 0.25) is 0 Å². The molecule has 5 N–H and O–H groups in total. The van der Waals surface area contributed by atoms with Crippen molar-refractivity contribution in [2.45, 2.75) is 13.0 Å². The summed E-state index contributed by atoms with van der Waals surface area (Å²) in [6.45, 7) is 0.0166. The lowest BCUT2D eigenvalue weighted by atomic mass is 10.2. The van der Waals surface area contributed by atoms with Gasteiger partial charge in [0.2, 0.25) is 5.91 Å². The number of amides is 2. The van der Waals surface area contributed by atoms with Gasteiger partial charge in [-0.1, -0.05) is 12.1 Å². The zero-order valence-electron chi connectivity index (χ0n) is 15.5. The summed E-state index contributed by atoms with van der Waals surface area (Å²) in [6.07, 6.45) is 1.57. The van der Waals surface area contributed by atoms with Gasteiger partial charge in [-0.25, -0.2) is 9.67 Å². The van der Waals surface area contributed by atoms with Gasteiger partial charge in [0.1, 0.15) is 5.69 Å². The Kier molecular flexibility index (Phi) is 5.02. The predicted octanol–water partition coefficient (Wildman–Crippen LogP) is 1.27. The minimum Gasteiger partial charge on any atom is -0.364 e. The number of rotatable bonds is 6. The summed E-state index contributed by atoms with van der Waals surface area (Å²) in [6, 6.07) is 8.08. The number of hydrogen-bond acceptors (Lipinski definition) is 6. The summed E-state index contributed by atoms with van der Waals surface area (Å²) in [7, 11) is 0. The summed E-state index contributed by atoms with van der Waals surface area (Å²) < 4.78 is 1.13. The fourth-order valence-corrected chi connectivity index (χ4v) is 3.68. The molecule has 0 fully saturated rings. The van der Waals surface area contributed by atoms with Crippen LogP contribution in [0.1, 0.15) is 16.9 Å². The second kappa shape index (κ2) is 7.79. The normalized spacial score (nSPS) is 10.9. The molecule has 3 heterocycles. The van der Waals surface area contributed by atoms with Crippen LogP contribution in [0.25, 0.3) is 22.0 Å². The molecule has 1 aromatic carbocycles. The highest BCUT2D eigenvalue weighted by Gasteiger charge is 2.12. The van der Waals surface area contributed by atoms with Crippen molar-refractivity contribution < 1.29 is 9.59 Å². The van der Waals surface area contributed by atoms with E-state index in [0.717, 1.165) is 4.68 Å². The highest BCUT2D eigenvalue weighted by molar-refractivity contribution is 7.14. The molecule has 0 saturated heterocycles. The van der Waals surface area contributed by atoms with E-state index in [1.54, 1.807) is 41.9 Å². The zero-order valence-corrected chi connectivity index (χ0v) is 16.3. The Bertz CT molecular complexity index is 1380. The van der Waals surface area contributed by atoms with Gasteiger partial charge in [0.05, 0.1) is 23.0 Å². The molecular formula is C19H16N6O4S. The Balaban J connectivity index is 1.43. The van der Waals surface area contributed by atoms with Crippen molar-refractivity contribution in [2.75, 3.05) is 5.32 Å². The summed E-state index contributed by atoms with van der Waals surface area (Å²) in [4.78, 5) is 55.1. The standard InChI is InChI=1S/C19H16N6O4S/c20-16(27)13-7-10(8-21-13)14-9-30-19(22-14)23-15(26)5-6-25-18(29)12-4-2-1-3-11(12)17(28)24-25/h1-4,7-9,21H,5-6H2,(H2,20,27)(H,24,28)(H,22,23,26). The lowest BCUT2D eigenvalue weighted by Gasteiger charge is -2.07. The molecule has 2 amide bonds. The van der Waals surface area contributed by atoms with Crippen molar-refractivity contribution in [3.05, 3.63) is 68.3 Å². The number of aromatic nitrogens is 4. The average molecular weight is 424 g/mol. The zero-order chi connectivity index (χ0) is 21.3. The number of thiazole rings is 1. The Hall–Kier alpha value is -3.99. The van der Waals surface area contributed by atoms with E-state index in [1.807, 2.05) is 0 Å². The lowest BCUT2D eigenvalue weighted by molar-refractivity contribution is -0.116. The maximum absolute atomic E-state index is 12.5. The number of aryl methyl sites for hydroxylation is 1. The number of nitrogens with one attached hydrogen (secondary N) is 3. The molecule has 0 aliphatic heterocycles. The largest absolute Gasteiger partial charge is 0.364 e. The van der Waals surface area contributed by atoms with Crippen molar-refractivity contribution in [2.24, 2.45) is 5.73 Å². The summed E-state index contributed by atoms with van der Waals surface area (Å²) in [5, 5.41) is 7.86. The molecule has 0 spiro atoms. The van der Waals surface area contributed by atoms with Crippen LogP contribution in [0.3, 0.4) is 0 Å². The first kappa shape index (κ1) is 19.3. The van der Waals surface area contributed by atoms with Crippen LogP contribution in [-0.4, -0.2) is 31.6 Å². The molecule has 152 valence electrons. The van der Waals surface area contributed by atoms with Crippen LogP contribution in [0.4, 0.5) is 5.13 Å². The number of fused-ring (bicyclic) bond motifs is 1. The van der Waals surface area contributed by atoms with Crippen LogP contribution in [-0.2, 0) is 11.3 Å². The third-order valence-corrected chi connectivity index (χ3v) is 5.20. The van der Waals surface area contributed by atoms with Crippen molar-refractivity contribution in [3.63, 3.8) is 0 Å². The predicted molar refractivity (Wildman–Crippen MR) is 112 cm³/mol. The number of nitrogens with two attached hydrogens (primary N) is 1. The van der Waals surface area contributed by atoms with E-state index in [1.165, 1.54) is 11.3 Å². The number of aromatic amines is 2. The summed E-state index contributed by atoms with van der Waals surface area (Å²) in [5.74, 6) is -0.935. The third-order valence-electron chi connectivity index (χ3n) is 4.44. The number of anilines is 1. The molecule has 0 aliphatic rings. The van der Waals surface area contributed by atoms with Crippen molar-refractivity contribution in [1.29, 1.82) is 0 Å². The molecule has 0 aliphatic carbocycles. The number of primary amides is 1. The number of carbonyl (C=O) groups excluding carboxylic acids is 2. The van der Waals surface area contributed by atoms with Gasteiger partial charge in [-0.3, -0.25) is 24.3 Å². The Labute approximate surface area is 172 Å². The monoisotopic (exact) mass is 424 g/mol. The molecule has 0 saturated carbocycles. The number of nitrogens with zero attached hydrogens (tertiary/aromatic N) is 2. The van der Waals surface area contributed by atoms with E-state index in [0.29, 0.717) is 27.2 Å². The van der Waals surface area contributed by atoms with Gasteiger partial charge < -0.3 is 16.0 Å². The van der Waals surface area contributed by atoms with E-state index >= 15 is 0 Å². The number of H-pyrrole nitrogens is 2. The summed E-state index contributed by atoms with van der Waals surface area (Å²) >= 11 is 1.22. The molecule has 30 heavy (non-hydrogen) atoms. The highest BCUT2D eigenvalue weighted by atomic mass is 32.1. The Morgan fingerprint density at radius 1 is 1.20 bits per heavy atom. The topological polar surface area (TPSA) is 156 Å². The smallest absolute Gasteiger partial charge is 0.273 e. The number of benzene rings is 1. The van der Waals surface area contributed by atoms with Gasteiger partial charge >= 0.3 is 0 Å². The molecule has 4 aromatic rings. The Morgan fingerprint density at radius 2 is 1.97 bits per heavy atom. The average Bonchev–Trinajstić information content (AvgIpc) is 3.39. The fourth-order valence-electron chi connectivity index (χ4n) is 2.95. The van der Waals surface area contributed by atoms with Crippen LogP contribution >= 0.6 is 11.3 Å². The van der Waals surface area contributed by atoms with Crippen LogP contribution in [0.15, 0.2) is 51.5 Å². The van der Waals surface area contributed by atoms with Gasteiger partial charge in [0.15, 0.2) is 5.13 Å². The lowest BCUT2D eigenvalue weighted by Crippen LogP contribution is -2.31. The second-order valence-corrected chi connectivity index (χ2v) is 7.30. The van der Waals surface area contributed by atoms with Gasteiger partial charge in [-0.15, -0.1) is 11.3 Å². The molecular weight excluding hydrogens is 408 g/mol. The van der Waals surface area contributed by atoms with Crippen LogP contribution in [0, 0.1) is 0 Å². The first-order valence-electron chi connectivity index (χ1n) is 8.88. The van der Waals surface area contributed by atoms with Gasteiger partial charge in [0, 0.05) is 23.6 Å². The number of carbonyl (C=O) groups is 2. The molecule has 4 rings (SSSR count). The van der Waals surface area contributed by atoms with Gasteiger partial charge in [-0.2, -0.15) is 0 Å². The molecule has 3 aromatic heterocycles. The van der Waals surface area contributed by atoms with E-state index in [4.69, 9.17) is 5.73 Å². The maximum Gasteiger partial charge on any atom is 0.273 e. The third kappa shape index (κ3) is 3.78. The number of hydrogen-bond donors (Lipinski definition) is 4. The summed E-state index contributed by atoms with van der Waals surface area (Å²) in [5.41, 5.74) is 5.96. The van der Waals surface area contributed by atoms with Gasteiger partial charge in [0.25, 0.3) is 17.0 Å². The first-order valence-corrected chi connectivity index (χ1v) is 9.76. The highest BCUT2D eigenvalue weighted by Crippen LogP contribution is 2.25. The second-order valence-electron chi connectivity index (χ2n) is 6.45. The molecule has 0 bridgehead atoms. The van der Waals surface area contributed by atoms with E-state index in [9.17, 15) is 19.2 Å². The minimum atomic E-state index is -0.577. The quantitative estimate of drug-likeness (QED) is 0.367. The molecule has 0 unspecified atom stereocenters. The molecule has 10 nitrogen and oxygen atoms in total. The first-order chi connectivity index (χ1) is 14.4. The SMILES string of the molecule is NC(=O)c1cc(-c2csc(NC(=O)CCn3[nH]c(=O)c4ccccc4c3=O)n2)c[nH]1. The molecule has 0 radical (unpaired) electrons. The van der Waals surface area contributed by atoms with Crippen molar-refractivity contribution in [1.82, 2.24) is 19.7 Å².